The Bertz CT molecular complexity index is 905. The van der Waals surface area contributed by atoms with Crippen molar-refractivity contribution in [1.29, 1.82) is 0 Å². The number of nitrogens with zero attached hydrogens (tertiary/aromatic N) is 3. The highest BCUT2D eigenvalue weighted by Gasteiger charge is 2.08. The summed E-state index contributed by atoms with van der Waals surface area (Å²) in [5.74, 6) is 1.30. The molecule has 0 aliphatic carbocycles. The lowest BCUT2D eigenvalue weighted by Crippen LogP contribution is -2.09. The summed E-state index contributed by atoms with van der Waals surface area (Å²) in [6.07, 6.45) is 7.38. The molecule has 6 heteroatoms. The van der Waals surface area contributed by atoms with Crippen LogP contribution in [-0.4, -0.2) is 15.0 Å². The first-order valence-corrected chi connectivity index (χ1v) is 8.89. The van der Waals surface area contributed by atoms with E-state index in [-0.39, 0.29) is 0 Å². The molecule has 0 fully saturated rings. The minimum atomic E-state index is 0.425. The van der Waals surface area contributed by atoms with Gasteiger partial charge in [-0.15, -0.1) is 0 Å². The van der Waals surface area contributed by atoms with Crippen LogP contribution in [0.5, 0.6) is 0 Å². The molecule has 1 heterocycles. The largest absolute Gasteiger partial charge is 0.324 e. The summed E-state index contributed by atoms with van der Waals surface area (Å²) in [5, 5.41) is 9.62. The molecule has 0 atom stereocenters. The topological polar surface area (TPSA) is 74.8 Å². The summed E-state index contributed by atoms with van der Waals surface area (Å²) in [6, 6.07) is 19.5. The quantitative estimate of drug-likeness (QED) is 0.460. The Morgan fingerprint density at radius 2 is 1.29 bits per heavy atom. The molecule has 6 nitrogen and oxygen atoms in total. The van der Waals surface area contributed by atoms with Crippen LogP contribution in [0.2, 0.25) is 0 Å². The third kappa shape index (κ3) is 5.54. The average molecular weight is 370 g/mol. The molecule has 0 amide bonds. The highest BCUT2D eigenvalue weighted by atomic mass is 15.3. The van der Waals surface area contributed by atoms with E-state index in [2.05, 4.69) is 37.5 Å². The Hall–Kier alpha value is -3.93. The minimum absolute atomic E-state index is 0.425. The Morgan fingerprint density at radius 1 is 0.786 bits per heavy atom. The smallest absolute Gasteiger partial charge is 0.233 e. The van der Waals surface area contributed by atoms with E-state index in [4.69, 9.17) is 0 Å². The summed E-state index contributed by atoms with van der Waals surface area (Å²) in [6.45, 7) is 5.63. The predicted octanol–water partition coefficient (Wildman–Crippen LogP) is 5.42. The lowest BCUT2D eigenvalue weighted by Gasteiger charge is -2.12. The number of benzene rings is 2. The number of rotatable bonds is 8. The van der Waals surface area contributed by atoms with Crippen LogP contribution >= 0.6 is 0 Å². The lowest BCUT2D eigenvalue weighted by molar-refractivity contribution is 1.06. The first kappa shape index (κ1) is 18.8. The molecule has 0 aliphatic heterocycles. The summed E-state index contributed by atoms with van der Waals surface area (Å²) in [5.41, 5.74) is 2.63. The van der Waals surface area contributed by atoms with Crippen molar-refractivity contribution in [1.82, 2.24) is 15.0 Å². The number of aromatic nitrogens is 3. The van der Waals surface area contributed by atoms with E-state index >= 15 is 0 Å². The van der Waals surface area contributed by atoms with Gasteiger partial charge in [0.2, 0.25) is 17.8 Å². The molecule has 3 rings (SSSR count). The van der Waals surface area contributed by atoms with Crippen LogP contribution in [0.3, 0.4) is 0 Å². The predicted molar refractivity (Wildman–Crippen MR) is 116 cm³/mol. The van der Waals surface area contributed by atoms with Gasteiger partial charge in [-0.05, 0) is 37.3 Å². The van der Waals surface area contributed by atoms with E-state index in [0.29, 0.717) is 17.8 Å². The van der Waals surface area contributed by atoms with Gasteiger partial charge in [-0.1, -0.05) is 61.2 Å². The van der Waals surface area contributed by atoms with E-state index in [1.54, 1.807) is 6.08 Å². The molecule has 28 heavy (non-hydrogen) atoms. The Labute approximate surface area is 164 Å². The molecular weight excluding hydrogens is 348 g/mol. The van der Waals surface area contributed by atoms with E-state index in [9.17, 15) is 0 Å². The van der Waals surface area contributed by atoms with Crippen molar-refractivity contribution in [2.75, 3.05) is 16.0 Å². The number of hydrogen-bond acceptors (Lipinski definition) is 6. The van der Waals surface area contributed by atoms with Gasteiger partial charge in [-0.2, -0.15) is 15.0 Å². The van der Waals surface area contributed by atoms with Crippen LogP contribution in [0, 0.1) is 0 Å². The maximum atomic E-state index is 4.48. The maximum Gasteiger partial charge on any atom is 0.233 e. The van der Waals surface area contributed by atoms with E-state index < -0.39 is 0 Å². The number of anilines is 5. The number of nitrogens with one attached hydrogen (secondary N) is 3. The molecule has 2 aromatic carbocycles. The van der Waals surface area contributed by atoms with E-state index in [0.717, 1.165) is 17.1 Å². The van der Waals surface area contributed by atoms with E-state index in [1.807, 2.05) is 85.8 Å². The molecule has 0 saturated heterocycles. The molecule has 0 bridgehead atoms. The van der Waals surface area contributed by atoms with Crippen molar-refractivity contribution in [2.24, 2.45) is 0 Å². The number of hydrogen-bond donors (Lipinski definition) is 3. The Morgan fingerprint density at radius 3 is 1.75 bits per heavy atom. The first-order valence-electron chi connectivity index (χ1n) is 8.89. The Kier molecular flexibility index (Phi) is 6.52. The molecule has 140 valence electrons. The molecule has 0 spiro atoms. The van der Waals surface area contributed by atoms with E-state index in [1.165, 1.54) is 0 Å². The van der Waals surface area contributed by atoms with Crippen LogP contribution in [-0.2, 0) is 0 Å². The molecular formula is C22H22N6. The summed E-state index contributed by atoms with van der Waals surface area (Å²) >= 11 is 0. The molecule has 3 aromatic rings. The molecule has 0 aliphatic rings. The van der Waals surface area contributed by atoms with Crippen molar-refractivity contribution in [3.63, 3.8) is 0 Å². The van der Waals surface area contributed by atoms with Gasteiger partial charge in [-0.3, -0.25) is 0 Å². The minimum Gasteiger partial charge on any atom is -0.324 e. The van der Waals surface area contributed by atoms with Crippen molar-refractivity contribution in [3.8, 4) is 0 Å². The standard InChI is InChI=1S/C22H22N6/c1-3-5-12-17(4-2)23-20-26-21(24-18-13-8-6-9-14-18)28-22(27-20)25-19-15-10-7-11-16-19/h3-16H,1H2,2H3,(H3,23,24,25,26,27,28)/b12-5-,17-4+. The normalized spacial score (nSPS) is 11.2. The molecule has 1 aromatic heterocycles. The van der Waals surface area contributed by atoms with Gasteiger partial charge in [0.05, 0.1) is 0 Å². The highest BCUT2D eigenvalue weighted by molar-refractivity contribution is 5.59. The SMILES string of the molecule is C=C/C=C\C(=C/C)Nc1nc(Nc2ccccc2)nc(Nc2ccccc2)n1. The maximum absolute atomic E-state index is 4.48. The van der Waals surface area contributed by atoms with Gasteiger partial charge < -0.3 is 16.0 Å². The van der Waals surface area contributed by atoms with Gasteiger partial charge in [0.1, 0.15) is 0 Å². The first-order chi connectivity index (χ1) is 13.8. The van der Waals surface area contributed by atoms with Gasteiger partial charge >= 0.3 is 0 Å². The summed E-state index contributed by atoms with van der Waals surface area (Å²) < 4.78 is 0. The zero-order valence-electron chi connectivity index (χ0n) is 15.6. The second-order valence-corrected chi connectivity index (χ2v) is 5.75. The second-order valence-electron chi connectivity index (χ2n) is 5.75. The fourth-order valence-electron chi connectivity index (χ4n) is 2.36. The fraction of sp³-hybridized carbons (Fsp3) is 0.0455. The van der Waals surface area contributed by atoms with Crippen molar-refractivity contribution in [2.45, 2.75) is 6.92 Å². The van der Waals surface area contributed by atoms with Crippen LogP contribution in [0.4, 0.5) is 29.2 Å². The van der Waals surface area contributed by atoms with Crippen molar-refractivity contribution >= 4 is 29.2 Å². The van der Waals surface area contributed by atoms with Crippen LogP contribution in [0.25, 0.3) is 0 Å². The summed E-state index contributed by atoms with van der Waals surface area (Å²) in [4.78, 5) is 13.4. The van der Waals surface area contributed by atoms with Crippen LogP contribution < -0.4 is 16.0 Å². The fourth-order valence-corrected chi connectivity index (χ4v) is 2.36. The molecule has 0 saturated carbocycles. The monoisotopic (exact) mass is 370 g/mol. The third-order valence-electron chi connectivity index (χ3n) is 3.67. The van der Waals surface area contributed by atoms with Gasteiger partial charge in [0, 0.05) is 17.1 Å². The summed E-state index contributed by atoms with van der Waals surface area (Å²) in [7, 11) is 0. The lowest BCUT2D eigenvalue weighted by atomic mass is 10.3. The zero-order chi connectivity index (χ0) is 19.6. The van der Waals surface area contributed by atoms with Gasteiger partial charge in [-0.25, -0.2) is 0 Å². The molecule has 0 radical (unpaired) electrons. The van der Waals surface area contributed by atoms with Crippen molar-refractivity contribution in [3.05, 3.63) is 97.2 Å². The average Bonchev–Trinajstić information content (AvgIpc) is 2.72. The number of para-hydroxylation sites is 2. The van der Waals surface area contributed by atoms with Gasteiger partial charge in [0.25, 0.3) is 0 Å². The Balaban J connectivity index is 1.90. The third-order valence-corrected chi connectivity index (χ3v) is 3.67. The van der Waals surface area contributed by atoms with Crippen LogP contribution in [0.1, 0.15) is 6.92 Å². The second kappa shape index (κ2) is 9.68. The molecule has 3 N–H and O–H groups in total. The highest BCUT2D eigenvalue weighted by Crippen LogP contribution is 2.19. The number of allylic oxidation sites excluding steroid dienone is 4. The van der Waals surface area contributed by atoms with Crippen molar-refractivity contribution < 1.29 is 0 Å². The van der Waals surface area contributed by atoms with Gasteiger partial charge in [0.15, 0.2) is 0 Å². The molecule has 0 unspecified atom stereocenters. The van der Waals surface area contributed by atoms with Crippen LogP contribution in [0.15, 0.2) is 97.2 Å². The zero-order valence-corrected chi connectivity index (χ0v) is 15.6.